The van der Waals surface area contributed by atoms with E-state index in [1.54, 1.807) is 30.3 Å². The Kier molecular flexibility index (Phi) is 5.15. The van der Waals surface area contributed by atoms with Crippen LogP contribution in [0.4, 0.5) is 0 Å². The molecule has 7 nitrogen and oxygen atoms in total. The predicted molar refractivity (Wildman–Crippen MR) is 103 cm³/mol. The summed E-state index contributed by atoms with van der Waals surface area (Å²) in [5.74, 6) is 0.835. The molecule has 1 aliphatic heterocycles. The third kappa shape index (κ3) is 3.59. The largest absolute Gasteiger partial charge is 0.495 e. The Bertz CT molecular complexity index is 936. The van der Waals surface area contributed by atoms with Crippen LogP contribution in [0.15, 0.2) is 30.3 Å². The molecule has 0 bridgehead atoms. The van der Waals surface area contributed by atoms with E-state index in [9.17, 15) is 4.79 Å². The summed E-state index contributed by atoms with van der Waals surface area (Å²) in [6, 6.07) is 10.1. The van der Waals surface area contributed by atoms with Crippen molar-refractivity contribution in [3.8, 4) is 23.6 Å². The molecule has 1 aromatic carbocycles. The SMILES string of the molecule is COc1nc(Oc2ccc(B3OC(C)(C)C(C)(C)O3)c(C=O)c2)ccc1C#N. The number of ether oxygens (including phenoxy) is 2. The van der Waals surface area contributed by atoms with Gasteiger partial charge in [0.1, 0.15) is 23.7 Å². The number of hydrogen-bond acceptors (Lipinski definition) is 7. The number of rotatable bonds is 5. The van der Waals surface area contributed by atoms with Gasteiger partial charge in [0, 0.05) is 11.6 Å². The van der Waals surface area contributed by atoms with Gasteiger partial charge in [0.15, 0.2) is 0 Å². The van der Waals surface area contributed by atoms with Crippen molar-refractivity contribution in [2.45, 2.75) is 38.9 Å². The molecule has 1 fully saturated rings. The fraction of sp³-hybridized carbons (Fsp3) is 0.350. The Hall–Kier alpha value is -2.89. The molecule has 0 saturated carbocycles. The highest BCUT2D eigenvalue weighted by atomic mass is 16.7. The van der Waals surface area contributed by atoms with Gasteiger partial charge >= 0.3 is 7.12 Å². The summed E-state index contributed by atoms with van der Waals surface area (Å²) < 4.78 is 22.9. The minimum Gasteiger partial charge on any atom is -0.480 e. The third-order valence-electron chi connectivity index (χ3n) is 5.06. The molecule has 1 aliphatic rings. The van der Waals surface area contributed by atoms with E-state index in [1.165, 1.54) is 7.11 Å². The minimum atomic E-state index is -0.646. The minimum absolute atomic E-state index is 0.171. The molecule has 0 atom stereocenters. The van der Waals surface area contributed by atoms with Crippen molar-refractivity contribution in [2.75, 3.05) is 7.11 Å². The van der Waals surface area contributed by atoms with Crippen LogP contribution in [-0.2, 0) is 9.31 Å². The molecule has 1 saturated heterocycles. The van der Waals surface area contributed by atoms with Crippen molar-refractivity contribution in [3.05, 3.63) is 41.5 Å². The van der Waals surface area contributed by atoms with Gasteiger partial charge in [-0.25, -0.2) is 0 Å². The van der Waals surface area contributed by atoms with Crippen LogP contribution in [0.25, 0.3) is 0 Å². The lowest BCUT2D eigenvalue weighted by molar-refractivity contribution is 0.00578. The molecular weight excluding hydrogens is 359 g/mol. The molecule has 1 aromatic heterocycles. The van der Waals surface area contributed by atoms with E-state index in [2.05, 4.69) is 4.98 Å². The van der Waals surface area contributed by atoms with Crippen LogP contribution >= 0.6 is 0 Å². The fourth-order valence-corrected chi connectivity index (χ4v) is 2.74. The molecule has 0 unspecified atom stereocenters. The maximum absolute atomic E-state index is 11.7. The van der Waals surface area contributed by atoms with E-state index >= 15 is 0 Å². The first-order valence-corrected chi connectivity index (χ1v) is 8.78. The van der Waals surface area contributed by atoms with Gasteiger partial charge in [0.25, 0.3) is 0 Å². The van der Waals surface area contributed by atoms with Crippen LogP contribution in [-0.4, -0.2) is 36.7 Å². The second-order valence-corrected chi connectivity index (χ2v) is 7.42. The number of methoxy groups -OCH3 is 1. The maximum Gasteiger partial charge on any atom is 0.495 e. The molecule has 8 heteroatoms. The standard InChI is InChI=1S/C20H21BN2O5/c1-19(2)20(3,4)28-21(27-19)16-8-7-15(10-14(16)12-24)26-17-9-6-13(11-22)18(23-17)25-5/h6-10,12H,1-5H3. The number of carbonyl (C=O) groups excluding carboxylic acids is 1. The highest BCUT2D eigenvalue weighted by molar-refractivity contribution is 6.63. The van der Waals surface area contributed by atoms with E-state index in [0.29, 0.717) is 22.3 Å². The second kappa shape index (κ2) is 7.26. The Labute approximate surface area is 164 Å². The summed E-state index contributed by atoms with van der Waals surface area (Å²) in [4.78, 5) is 15.8. The van der Waals surface area contributed by atoms with Crippen molar-refractivity contribution >= 4 is 18.9 Å². The van der Waals surface area contributed by atoms with Crippen molar-refractivity contribution < 1.29 is 23.6 Å². The van der Waals surface area contributed by atoms with E-state index < -0.39 is 18.3 Å². The van der Waals surface area contributed by atoms with Gasteiger partial charge in [-0.05, 0) is 51.4 Å². The normalized spacial score (nSPS) is 17.1. The topological polar surface area (TPSA) is 90.7 Å². The predicted octanol–water partition coefficient (Wildman–Crippen LogP) is 2.87. The zero-order valence-electron chi connectivity index (χ0n) is 16.5. The van der Waals surface area contributed by atoms with Crippen LogP contribution in [0.3, 0.4) is 0 Å². The van der Waals surface area contributed by atoms with Crippen LogP contribution in [0.5, 0.6) is 17.5 Å². The van der Waals surface area contributed by atoms with Crippen LogP contribution in [0.2, 0.25) is 0 Å². The number of hydrogen-bond donors (Lipinski definition) is 0. The van der Waals surface area contributed by atoms with Gasteiger partial charge in [-0.1, -0.05) is 6.07 Å². The maximum atomic E-state index is 11.7. The van der Waals surface area contributed by atoms with Gasteiger partial charge < -0.3 is 18.8 Å². The van der Waals surface area contributed by atoms with Gasteiger partial charge in [0.05, 0.1) is 18.3 Å². The molecule has 2 aromatic rings. The highest BCUT2D eigenvalue weighted by Crippen LogP contribution is 2.37. The monoisotopic (exact) mass is 380 g/mol. The average molecular weight is 380 g/mol. The number of nitrogens with zero attached hydrogens (tertiary/aromatic N) is 2. The van der Waals surface area contributed by atoms with Crippen LogP contribution in [0, 0.1) is 11.3 Å². The Morgan fingerprint density at radius 1 is 1.14 bits per heavy atom. The first kappa shape index (κ1) is 19.9. The lowest BCUT2D eigenvalue weighted by Gasteiger charge is -2.32. The lowest BCUT2D eigenvalue weighted by Crippen LogP contribution is -2.41. The Morgan fingerprint density at radius 2 is 1.82 bits per heavy atom. The molecule has 0 aliphatic carbocycles. The third-order valence-corrected chi connectivity index (χ3v) is 5.06. The van der Waals surface area contributed by atoms with E-state index in [1.807, 2.05) is 33.8 Å². The van der Waals surface area contributed by atoms with Gasteiger partial charge in [-0.2, -0.15) is 10.2 Å². The summed E-state index contributed by atoms with van der Waals surface area (Å²) in [7, 11) is 0.781. The molecule has 28 heavy (non-hydrogen) atoms. The molecule has 3 rings (SSSR count). The van der Waals surface area contributed by atoms with Gasteiger partial charge in [-0.3, -0.25) is 4.79 Å². The van der Waals surface area contributed by atoms with E-state index in [0.717, 1.165) is 6.29 Å². The summed E-state index contributed by atoms with van der Waals surface area (Å²) >= 11 is 0. The first-order chi connectivity index (χ1) is 13.2. The zero-order valence-corrected chi connectivity index (χ0v) is 16.5. The van der Waals surface area contributed by atoms with E-state index in [4.69, 9.17) is 24.0 Å². The Morgan fingerprint density at radius 3 is 2.39 bits per heavy atom. The van der Waals surface area contributed by atoms with E-state index in [-0.39, 0.29) is 11.8 Å². The first-order valence-electron chi connectivity index (χ1n) is 8.78. The summed E-state index contributed by atoms with van der Waals surface area (Å²) in [6.45, 7) is 7.81. The smallest absolute Gasteiger partial charge is 0.480 e. The Balaban J connectivity index is 1.87. The number of carbonyl (C=O) groups is 1. The van der Waals surface area contributed by atoms with Gasteiger partial charge in [0.2, 0.25) is 11.8 Å². The van der Waals surface area contributed by atoms with Gasteiger partial charge in [-0.15, -0.1) is 0 Å². The van der Waals surface area contributed by atoms with Crippen LogP contribution < -0.4 is 14.9 Å². The number of benzene rings is 1. The van der Waals surface area contributed by atoms with Crippen molar-refractivity contribution in [3.63, 3.8) is 0 Å². The molecule has 0 amide bonds. The molecule has 144 valence electrons. The van der Waals surface area contributed by atoms with Crippen molar-refractivity contribution in [1.82, 2.24) is 4.98 Å². The summed E-state index contributed by atoms with van der Waals surface area (Å²) in [5, 5.41) is 9.03. The number of nitriles is 1. The average Bonchev–Trinajstić information content (AvgIpc) is 2.88. The summed E-state index contributed by atoms with van der Waals surface area (Å²) in [5.41, 5.74) is 0.328. The highest BCUT2D eigenvalue weighted by Gasteiger charge is 2.52. The summed E-state index contributed by atoms with van der Waals surface area (Å²) in [6.07, 6.45) is 0.736. The zero-order chi connectivity index (χ0) is 20.5. The molecule has 0 spiro atoms. The molecule has 0 radical (unpaired) electrons. The molecule has 0 N–H and O–H groups in total. The second-order valence-electron chi connectivity index (χ2n) is 7.42. The molecular formula is C20H21BN2O5. The van der Waals surface area contributed by atoms with Crippen molar-refractivity contribution in [1.29, 1.82) is 5.26 Å². The van der Waals surface area contributed by atoms with Crippen molar-refractivity contribution in [2.24, 2.45) is 0 Å². The lowest BCUT2D eigenvalue weighted by atomic mass is 9.76. The fourth-order valence-electron chi connectivity index (χ4n) is 2.74. The van der Waals surface area contributed by atoms with Crippen LogP contribution in [0.1, 0.15) is 43.6 Å². The quantitative estimate of drug-likeness (QED) is 0.582. The number of pyridine rings is 1. The molecule has 2 heterocycles. The number of aldehydes is 1. The number of aromatic nitrogens is 1.